The van der Waals surface area contributed by atoms with E-state index in [2.05, 4.69) is 0 Å². The molecule has 0 spiro atoms. The molecule has 0 aliphatic carbocycles. The number of hydrogen-bond donors (Lipinski definition) is 0. The fraction of sp³-hybridized carbons (Fsp3) is 0.500. The maximum Gasteiger partial charge on any atom is 0.330 e. The highest BCUT2D eigenvalue weighted by Crippen LogP contribution is 2.48. The monoisotopic (exact) mass is 339 g/mol. The van der Waals surface area contributed by atoms with Gasteiger partial charge in [0.15, 0.2) is 0 Å². The number of carbonyl (C=O) groups excluding carboxylic acids is 2. The largest absolute Gasteiger partial charge is 0.330 e. The second-order valence-corrected chi connectivity index (χ2v) is 7.37. The highest BCUT2D eigenvalue weighted by Gasteiger charge is 2.34. The zero-order valence-corrected chi connectivity index (χ0v) is 14.4. The van der Waals surface area contributed by atoms with Crippen molar-refractivity contribution in [3.63, 3.8) is 0 Å². The van der Waals surface area contributed by atoms with Gasteiger partial charge in [0, 0.05) is 6.54 Å². The van der Waals surface area contributed by atoms with E-state index in [1.807, 2.05) is 0 Å². The number of unbranched alkanes of at least 4 members (excludes halogenated alkanes) is 1. The molecule has 7 heteroatoms. The zero-order valence-electron chi connectivity index (χ0n) is 13.5. The van der Waals surface area contributed by atoms with Crippen molar-refractivity contribution in [3.8, 4) is 0 Å². The first-order valence-electron chi connectivity index (χ1n) is 7.85. The van der Waals surface area contributed by atoms with Crippen molar-refractivity contribution in [2.45, 2.75) is 26.7 Å². The van der Waals surface area contributed by atoms with Crippen LogP contribution in [0.1, 0.15) is 47.4 Å². The lowest BCUT2D eigenvalue weighted by Crippen LogP contribution is -2.30. The van der Waals surface area contributed by atoms with E-state index in [4.69, 9.17) is 9.05 Å². The number of rotatable bonds is 9. The Kier molecular flexibility index (Phi) is 6.10. The van der Waals surface area contributed by atoms with Gasteiger partial charge in [-0.05, 0) is 38.8 Å². The summed E-state index contributed by atoms with van der Waals surface area (Å²) < 4.78 is 22.8. The van der Waals surface area contributed by atoms with Crippen LogP contribution >= 0.6 is 7.60 Å². The highest BCUT2D eigenvalue weighted by molar-refractivity contribution is 7.53. The Labute approximate surface area is 136 Å². The summed E-state index contributed by atoms with van der Waals surface area (Å²) in [5, 5.41) is 0. The first kappa shape index (κ1) is 17.9. The molecule has 1 aliphatic heterocycles. The second kappa shape index (κ2) is 7.86. The van der Waals surface area contributed by atoms with E-state index in [1.165, 1.54) is 4.90 Å². The third kappa shape index (κ3) is 4.08. The van der Waals surface area contributed by atoms with Crippen molar-refractivity contribution >= 4 is 19.4 Å². The fourth-order valence-electron chi connectivity index (χ4n) is 2.58. The molecular weight excluding hydrogens is 317 g/mol. The zero-order chi connectivity index (χ0) is 16.9. The van der Waals surface area contributed by atoms with Gasteiger partial charge in [-0.25, -0.2) is 0 Å². The van der Waals surface area contributed by atoms with Crippen LogP contribution < -0.4 is 0 Å². The van der Waals surface area contributed by atoms with E-state index in [9.17, 15) is 14.2 Å². The summed E-state index contributed by atoms with van der Waals surface area (Å²) in [6.45, 7) is 4.50. The average molecular weight is 339 g/mol. The molecule has 23 heavy (non-hydrogen) atoms. The number of benzene rings is 1. The predicted octanol–water partition coefficient (Wildman–Crippen LogP) is 3.33. The van der Waals surface area contributed by atoms with E-state index in [1.54, 1.807) is 38.1 Å². The van der Waals surface area contributed by atoms with Crippen molar-refractivity contribution < 1.29 is 23.2 Å². The van der Waals surface area contributed by atoms with Crippen LogP contribution in [0.2, 0.25) is 0 Å². The molecule has 2 amide bonds. The van der Waals surface area contributed by atoms with Crippen molar-refractivity contribution in [2.24, 2.45) is 0 Å². The van der Waals surface area contributed by atoms with Gasteiger partial charge in [0.2, 0.25) is 0 Å². The van der Waals surface area contributed by atoms with E-state index in [-0.39, 0.29) is 18.0 Å². The second-order valence-electron chi connectivity index (χ2n) is 5.18. The van der Waals surface area contributed by atoms with Gasteiger partial charge < -0.3 is 9.05 Å². The molecule has 0 aromatic heterocycles. The summed E-state index contributed by atoms with van der Waals surface area (Å²) in [6.07, 6.45) is 1.41. The van der Waals surface area contributed by atoms with Crippen molar-refractivity contribution in [3.05, 3.63) is 35.4 Å². The van der Waals surface area contributed by atoms with Crippen LogP contribution in [-0.2, 0) is 13.6 Å². The predicted molar refractivity (Wildman–Crippen MR) is 86.8 cm³/mol. The molecule has 0 fully saturated rings. The molecule has 1 aromatic rings. The van der Waals surface area contributed by atoms with Crippen molar-refractivity contribution in [2.75, 3.05) is 25.9 Å². The van der Waals surface area contributed by atoms with Crippen molar-refractivity contribution in [1.82, 2.24) is 4.90 Å². The van der Waals surface area contributed by atoms with E-state index in [0.717, 1.165) is 0 Å². The van der Waals surface area contributed by atoms with E-state index < -0.39 is 7.60 Å². The molecule has 6 nitrogen and oxygen atoms in total. The maximum absolute atomic E-state index is 12.3. The number of carbonyl (C=O) groups is 2. The van der Waals surface area contributed by atoms with Crippen LogP contribution in [0.25, 0.3) is 0 Å². The molecule has 126 valence electrons. The number of hydrogen-bond acceptors (Lipinski definition) is 5. The fourth-order valence-corrected chi connectivity index (χ4v) is 4.31. The number of amides is 2. The number of nitrogens with zero attached hydrogens (tertiary/aromatic N) is 1. The van der Waals surface area contributed by atoms with Gasteiger partial charge >= 0.3 is 7.60 Å². The first-order chi connectivity index (χ1) is 11.0. The molecule has 0 radical (unpaired) electrons. The molecule has 1 aromatic carbocycles. The quantitative estimate of drug-likeness (QED) is 0.392. The Bertz CT molecular complexity index is 586. The standard InChI is InChI=1S/C16H22NO5P/c1-3-21-23(20,22-4-2)12-8-7-11-17-15(18)13-9-5-6-10-14(13)16(17)19/h5-6,9-10H,3-4,7-8,11-12H2,1-2H3. The Morgan fingerprint density at radius 3 is 1.96 bits per heavy atom. The summed E-state index contributed by atoms with van der Waals surface area (Å²) >= 11 is 0. The third-order valence-electron chi connectivity index (χ3n) is 3.59. The van der Waals surface area contributed by atoms with Crippen LogP contribution in [0.5, 0.6) is 0 Å². The van der Waals surface area contributed by atoms with Crippen LogP contribution in [0.15, 0.2) is 24.3 Å². The lowest BCUT2D eigenvalue weighted by atomic mass is 10.1. The normalized spacial score (nSPS) is 14.4. The van der Waals surface area contributed by atoms with Gasteiger partial charge in [0.1, 0.15) is 0 Å². The molecule has 0 saturated carbocycles. The molecule has 0 bridgehead atoms. The molecule has 1 aliphatic rings. The Morgan fingerprint density at radius 1 is 0.957 bits per heavy atom. The molecule has 0 N–H and O–H groups in total. The van der Waals surface area contributed by atoms with Crippen molar-refractivity contribution in [1.29, 1.82) is 0 Å². The lowest BCUT2D eigenvalue weighted by Gasteiger charge is -2.18. The van der Waals surface area contributed by atoms with Crippen LogP contribution in [0.4, 0.5) is 0 Å². The first-order valence-corrected chi connectivity index (χ1v) is 9.58. The molecular formula is C16H22NO5P. The maximum atomic E-state index is 12.3. The van der Waals surface area contributed by atoms with Crippen LogP contribution in [0, 0.1) is 0 Å². The average Bonchev–Trinajstić information content (AvgIpc) is 2.77. The SMILES string of the molecule is CCOP(=O)(CCCCN1C(=O)c2ccccc2C1=O)OCC. The smallest absolute Gasteiger partial charge is 0.309 e. The van der Waals surface area contributed by atoms with E-state index >= 15 is 0 Å². The molecule has 1 heterocycles. The van der Waals surface area contributed by atoms with Gasteiger partial charge in [-0.3, -0.25) is 19.1 Å². The summed E-state index contributed by atoms with van der Waals surface area (Å²) in [4.78, 5) is 25.7. The number of fused-ring (bicyclic) bond motifs is 1. The molecule has 0 atom stereocenters. The minimum atomic E-state index is -3.06. The topological polar surface area (TPSA) is 72.9 Å². The van der Waals surface area contributed by atoms with E-state index in [0.29, 0.717) is 43.7 Å². The minimum absolute atomic E-state index is 0.261. The molecule has 2 rings (SSSR count). The van der Waals surface area contributed by atoms with Crippen LogP contribution in [0.3, 0.4) is 0 Å². The minimum Gasteiger partial charge on any atom is -0.309 e. The van der Waals surface area contributed by atoms with Gasteiger partial charge in [0.25, 0.3) is 11.8 Å². The number of imide groups is 1. The van der Waals surface area contributed by atoms with Gasteiger partial charge in [-0.1, -0.05) is 12.1 Å². The Morgan fingerprint density at radius 2 is 1.48 bits per heavy atom. The highest BCUT2D eigenvalue weighted by atomic mass is 31.2. The third-order valence-corrected chi connectivity index (χ3v) is 5.76. The lowest BCUT2D eigenvalue weighted by molar-refractivity contribution is 0.0652. The summed E-state index contributed by atoms with van der Waals surface area (Å²) in [5.74, 6) is -0.521. The Hall–Kier alpha value is -1.49. The summed E-state index contributed by atoms with van der Waals surface area (Å²) in [5.41, 5.74) is 0.901. The summed E-state index contributed by atoms with van der Waals surface area (Å²) in [7, 11) is -3.06. The van der Waals surface area contributed by atoms with Gasteiger partial charge in [0.05, 0.1) is 30.5 Å². The Balaban J connectivity index is 1.87. The van der Waals surface area contributed by atoms with Crippen LogP contribution in [-0.4, -0.2) is 42.6 Å². The summed E-state index contributed by atoms with van der Waals surface area (Å²) in [6, 6.07) is 6.81. The molecule has 0 unspecified atom stereocenters. The van der Waals surface area contributed by atoms with Gasteiger partial charge in [-0.2, -0.15) is 0 Å². The van der Waals surface area contributed by atoms with Gasteiger partial charge in [-0.15, -0.1) is 0 Å². The molecule has 0 saturated heterocycles.